The Bertz CT molecular complexity index is 128. The fourth-order valence-electron chi connectivity index (χ4n) is 0.673. The molecular formula is C9H16O2. The van der Waals surface area contributed by atoms with Gasteiger partial charge in [0.1, 0.15) is 0 Å². The van der Waals surface area contributed by atoms with Crippen LogP contribution in [0.4, 0.5) is 0 Å². The smallest absolute Gasteiger partial charge is 0.302 e. The van der Waals surface area contributed by atoms with Gasteiger partial charge in [-0.1, -0.05) is 25.5 Å². The first kappa shape index (κ1) is 10.2. The lowest BCUT2D eigenvalue weighted by Crippen LogP contribution is -1.98. The molecule has 0 atom stereocenters. The van der Waals surface area contributed by atoms with E-state index in [2.05, 4.69) is 13.0 Å². The van der Waals surface area contributed by atoms with Gasteiger partial charge in [0, 0.05) is 6.92 Å². The molecular weight excluding hydrogens is 140 g/mol. The van der Waals surface area contributed by atoms with Gasteiger partial charge in [-0.05, 0) is 12.8 Å². The quantitative estimate of drug-likeness (QED) is 0.347. The van der Waals surface area contributed by atoms with E-state index in [1.165, 1.54) is 13.3 Å². The van der Waals surface area contributed by atoms with E-state index in [0.29, 0.717) is 6.61 Å². The van der Waals surface area contributed by atoms with Crippen molar-refractivity contribution in [2.75, 3.05) is 6.61 Å². The van der Waals surface area contributed by atoms with E-state index in [4.69, 9.17) is 4.74 Å². The highest BCUT2D eigenvalue weighted by Crippen LogP contribution is 1.91. The molecule has 0 radical (unpaired) electrons. The average molecular weight is 156 g/mol. The molecule has 0 aromatic rings. The van der Waals surface area contributed by atoms with Gasteiger partial charge in [-0.15, -0.1) is 0 Å². The summed E-state index contributed by atoms with van der Waals surface area (Å²) < 4.78 is 4.73. The van der Waals surface area contributed by atoms with Crippen molar-refractivity contribution in [3.05, 3.63) is 12.2 Å². The lowest BCUT2D eigenvalue weighted by molar-refractivity contribution is -0.140. The molecule has 0 aliphatic rings. The van der Waals surface area contributed by atoms with Crippen LogP contribution in [0.5, 0.6) is 0 Å². The van der Waals surface area contributed by atoms with Gasteiger partial charge in [-0.3, -0.25) is 4.79 Å². The number of esters is 1. The van der Waals surface area contributed by atoms with E-state index in [0.717, 1.165) is 12.8 Å². The summed E-state index contributed by atoms with van der Waals surface area (Å²) in [6, 6.07) is 0. The lowest BCUT2D eigenvalue weighted by Gasteiger charge is -1.95. The van der Waals surface area contributed by atoms with Gasteiger partial charge in [0.05, 0.1) is 6.61 Å². The highest BCUT2D eigenvalue weighted by Gasteiger charge is 1.87. The average Bonchev–Trinajstić information content (AvgIpc) is 1.96. The molecule has 64 valence electrons. The van der Waals surface area contributed by atoms with Crippen LogP contribution < -0.4 is 0 Å². The van der Waals surface area contributed by atoms with Crippen LogP contribution in [-0.4, -0.2) is 12.6 Å². The molecule has 11 heavy (non-hydrogen) atoms. The second-order valence-corrected chi connectivity index (χ2v) is 2.39. The molecule has 0 fully saturated rings. The Morgan fingerprint density at radius 3 is 2.55 bits per heavy atom. The van der Waals surface area contributed by atoms with E-state index < -0.39 is 0 Å². The van der Waals surface area contributed by atoms with Crippen LogP contribution in [-0.2, 0) is 9.53 Å². The first-order chi connectivity index (χ1) is 5.27. The Hall–Kier alpha value is -0.790. The fraction of sp³-hybridized carbons (Fsp3) is 0.667. The Labute approximate surface area is 68.2 Å². The maximum atomic E-state index is 10.3. The molecule has 2 heteroatoms. The molecule has 0 unspecified atom stereocenters. The zero-order chi connectivity index (χ0) is 8.53. The Kier molecular flexibility index (Phi) is 6.79. The second kappa shape index (κ2) is 7.32. The van der Waals surface area contributed by atoms with Crippen molar-refractivity contribution in [1.29, 1.82) is 0 Å². The molecule has 0 aromatic heterocycles. The third kappa shape index (κ3) is 9.21. The van der Waals surface area contributed by atoms with Gasteiger partial charge < -0.3 is 4.74 Å². The first-order valence-electron chi connectivity index (χ1n) is 4.05. The second-order valence-electron chi connectivity index (χ2n) is 2.39. The minimum absolute atomic E-state index is 0.200. The van der Waals surface area contributed by atoms with Crippen LogP contribution in [0, 0.1) is 0 Å². The topological polar surface area (TPSA) is 26.3 Å². The van der Waals surface area contributed by atoms with Crippen LogP contribution in [0.1, 0.15) is 33.1 Å². The van der Waals surface area contributed by atoms with Gasteiger partial charge in [-0.25, -0.2) is 0 Å². The zero-order valence-corrected chi connectivity index (χ0v) is 7.30. The molecule has 0 saturated heterocycles. The molecule has 0 bridgehead atoms. The van der Waals surface area contributed by atoms with Gasteiger partial charge in [0.2, 0.25) is 0 Å². The SMILES string of the molecule is CCCC=CCCOC(C)=O. The van der Waals surface area contributed by atoms with E-state index >= 15 is 0 Å². The number of allylic oxidation sites excluding steroid dienone is 1. The predicted octanol–water partition coefficient (Wildman–Crippen LogP) is 2.30. The van der Waals surface area contributed by atoms with Gasteiger partial charge >= 0.3 is 5.97 Å². The van der Waals surface area contributed by atoms with E-state index in [1.54, 1.807) is 0 Å². The number of hydrogen-bond donors (Lipinski definition) is 0. The summed E-state index contributed by atoms with van der Waals surface area (Å²) in [5.41, 5.74) is 0. The summed E-state index contributed by atoms with van der Waals surface area (Å²) in [4.78, 5) is 10.3. The molecule has 0 aromatic carbocycles. The van der Waals surface area contributed by atoms with Crippen molar-refractivity contribution in [3.63, 3.8) is 0 Å². The number of rotatable bonds is 5. The highest BCUT2D eigenvalue weighted by atomic mass is 16.5. The summed E-state index contributed by atoms with van der Waals surface area (Å²) in [6.07, 6.45) is 7.28. The predicted molar refractivity (Wildman–Crippen MR) is 45.3 cm³/mol. The number of ether oxygens (including phenoxy) is 1. The monoisotopic (exact) mass is 156 g/mol. The molecule has 0 amide bonds. The van der Waals surface area contributed by atoms with E-state index in [9.17, 15) is 4.79 Å². The van der Waals surface area contributed by atoms with Crippen molar-refractivity contribution in [1.82, 2.24) is 0 Å². The lowest BCUT2D eigenvalue weighted by atomic mass is 10.3. The summed E-state index contributed by atoms with van der Waals surface area (Å²) in [5.74, 6) is -0.200. The fourth-order valence-corrected chi connectivity index (χ4v) is 0.673. The number of carbonyl (C=O) groups excluding carboxylic acids is 1. The third-order valence-electron chi connectivity index (χ3n) is 1.21. The zero-order valence-electron chi connectivity index (χ0n) is 7.30. The minimum Gasteiger partial charge on any atom is -0.466 e. The summed E-state index contributed by atoms with van der Waals surface area (Å²) in [5, 5.41) is 0. The number of unbranched alkanes of at least 4 members (excludes halogenated alkanes) is 1. The van der Waals surface area contributed by atoms with Crippen molar-refractivity contribution in [3.8, 4) is 0 Å². The summed E-state index contributed by atoms with van der Waals surface area (Å²) in [7, 11) is 0. The molecule has 0 N–H and O–H groups in total. The summed E-state index contributed by atoms with van der Waals surface area (Å²) in [6.45, 7) is 4.07. The molecule has 0 saturated carbocycles. The Balaban J connectivity index is 3.07. The van der Waals surface area contributed by atoms with E-state index in [-0.39, 0.29) is 5.97 Å². The normalized spacial score (nSPS) is 10.4. The van der Waals surface area contributed by atoms with Crippen LogP contribution in [0.3, 0.4) is 0 Å². The molecule has 0 aliphatic carbocycles. The van der Waals surface area contributed by atoms with Gasteiger partial charge in [0.15, 0.2) is 0 Å². The molecule has 2 nitrogen and oxygen atoms in total. The molecule has 0 aliphatic heterocycles. The van der Waals surface area contributed by atoms with Crippen LogP contribution in [0.2, 0.25) is 0 Å². The van der Waals surface area contributed by atoms with Crippen molar-refractivity contribution < 1.29 is 9.53 Å². The Morgan fingerprint density at radius 2 is 2.00 bits per heavy atom. The first-order valence-corrected chi connectivity index (χ1v) is 4.05. The maximum absolute atomic E-state index is 10.3. The maximum Gasteiger partial charge on any atom is 0.302 e. The third-order valence-corrected chi connectivity index (χ3v) is 1.21. The standard InChI is InChI=1S/C9H16O2/c1-3-4-5-6-7-8-11-9(2)10/h5-6H,3-4,7-8H2,1-2H3. The van der Waals surface area contributed by atoms with Crippen molar-refractivity contribution in [2.24, 2.45) is 0 Å². The Morgan fingerprint density at radius 1 is 1.36 bits per heavy atom. The summed E-state index contributed by atoms with van der Waals surface area (Å²) >= 11 is 0. The molecule has 0 heterocycles. The molecule has 0 rings (SSSR count). The van der Waals surface area contributed by atoms with Gasteiger partial charge in [0.25, 0.3) is 0 Å². The van der Waals surface area contributed by atoms with Crippen molar-refractivity contribution in [2.45, 2.75) is 33.1 Å². The largest absolute Gasteiger partial charge is 0.466 e. The number of hydrogen-bond acceptors (Lipinski definition) is 2. The minimum atomic E-state index is -0.200. The van der Waals surface area contributed by atoms with Crippen LogP contribution in [0.15, 0.2) is 12.2 Å². The number of carbonyl (C=O) groups is 1. The van der Waals surface area contributed by atoms with Crippen LogP contribution >= 0.6 is 0 Å². The van der Waals surface area contributed by atoms with E-state index in [1.807, 2.05) is 6.08 Å². The van der Waals surface area contributed by atoms with Crippen LogP contribution in [0.25, 0.3) is 0 Å². The highest BCUT2D eigenvalue weighted by molar-refractivity contribution is 5.65. The van der Waals surface area contributed by atoms with Crippen molar-refractivity contribution >= 4 is 5.97 Å². The van der Waals surface area contributed by atoms with Gasteiger partial charge in [-0.2, -0.15) is 0 Å². The molecule has 0 spiro atoms.